The summed E-state index contributed by atoms with van der Waals surface area (Å²) in [7, 11) is 0. The van der Waals surface area contributed by atoms with Gasteiger partial charge in [0, 0.05) is 5.69 Å². The van der Waals surface area contributed by atoms with Gasteiger partial charge >= 0.3 is 0 Å². The van der Waals surface area contributed by atoms with Gasteiger partial charge in [0.05, 0.1) is 11.3 Å². The van der Waals surface area contributed by atoms with Crippen LogP contribution in [0, 0.1) is 5.82 Å². The minimum Gasteiger partial charge on any atom is -0.389 e. The molecule has 1 heterocycles. The number of hydrogen-bond acceptors (Lipinski definition) is 3. The summed E-state index contributed by atoms with van der Waals surface area (Å²) in [6, 6.07) is 8.48. The third kappa shape index (κ3) is 2.88. The number of aryl methyl sites for hydroxylation is 2. The third-order valence-corrected chi connectivity index (χ3v) is 3.91. The molecule has 0 atom stereocenters. The molecule has 3 N–H and O–H groups in total. The van der Waals surface area contributed by atoms with Crippen LogP contribution in [0.15, 0.2) is 30.3 Å². The van der Waals surface area contributed by atoms with Gasteiger partial charge in [-0.25, -0.2) is 9.37 Å². The Hall–Kier alpha value is -2.01. The number of fused-ring (bicyclic) bond motifs is 1. The molecule has 1 aromatic heterocycles. The van der Waals surface area contributed by atoms with E-state index in [4.69, 9.17) is 18.0 Å². The van der Waals surface area contributed by atoms with E-state index in [0.29, 0.717) is 17.1 Å². The van der Waals surface area contributed by atoms with Gasteiger partial charge in [-0.1, -0.05) is 24.4 Å². The van der Waals surface area contributed by atoms with E-state index in [9.17, 15) is 4.39 Å². The Morgan fingerprint density at radius 3 is 2.76 bits per heavy atom. The van der Waals surface area contributed by atoms with Gasteiger partial charge in [-0.05, 0) is 49.4 Å². The molecule has 1 aromatic carbocycles. The highest BCUT2D eigenvalue weighted by atomic mass is 32.1. The van der Waals surface area contributed by atoms with Crippen LogP contribution in [0.5, 0.6) is 0 Å². The van der Waals surface area contributed by atoms with Crippen LogP contribution in [0.25, 0.3) is 0 Å². The first-order valence-electron chi connectivity index (χ1n) is 6.99. The molecule has 0 saturated carbocycles. The van der Waals surface area contributed by atoms with Crippen molar-refractivity contribution in [2.24, 2.45) is 5.73 Å². The number of hydrogen-bond donors (Lipinski definition) is 2. The molecular weight excluding hydrogens is 285 g/mol. The number of rotatable bonds is 3. The number of para-hydroxylation sites is 1. The average molecular weight is 301 g/mol. The van der Waals surface area contributed by atoms with Crippen molar-refractivity contribution in [2.75, 3.05) is 5.32 Å². The van der Waals surface area contributed by atoms with Gasteiger partial charge < -0.3 is 11.1 Å². The second kappa shape index (κ2) is 5.77. The molecule has 1 aliphatic carbocycles. The van der Waals surface area contributed by atoms with Gasteiger partial charge in [-0.3, -0.25) is 0 Å². The molecular formula is C16H16FN3S. The molecule has 1 aliphatic rings. The molecule has 0 saturated heterocycles. The molecule has 0 unspecified atom stereocenters. The van der Waals surface area contributed by atoms with Crippen molar-refractivity contribution in [1.29, 1.82) is 0 Å². The van der Waals surface area contributed by atoms with Gasteiger partial charge in [0.1, 0.15) is 16.6 Å². The third-order valence-electron chi connectivity index (χ3n) is 3.69. The SMILES string of the molecule is NC(=S)c1cc2c(nc1Nc1ccccc1F)CCCC2. The highest BCUT2D eigenvalue weighted by Gasteiger charge is 2.17. The molecule has 0 amide bonds. The van der Waals surface area contributed by atoms with Gasteiger partial charge in [-0.2, -0.15) is 0 Å². The first kappa shape index (κ1) is 13.9. The van der Waals surface area contributed by atoms with E-state index in [1.165, 1.54) is 11.6 Å². The van der Waals surface area contributed by atoms with Crippen LogP contribution in [0.1, 0.15) is 29.7 Å². The van der Waals surface area contributed by atoms with Crippen LogP contribution < -0.4 is 11.1 Å². The zero-order valence-electron chi connectivity index (χ0n) is 11.5. The molecule has 0 radical (unpaired) electrons. The summed E-state index contributed by atoms with van der Waals surface area (Å²) in [5.74, 6) is 0.208. The monoisotopic (exact) mass is 301 g/mol. The molecule has 2 aromatic rings. The van der Waals surface area contributed by atoms with Crippen LogP contribution >= 0.6 is 12.2 Å². The Kier molecular flexibility index (Phi) is 3.84. The van der Waals surface area contributed by atoms with Crippen molar-refractivity contribution >= 4 is 28.7 Å². The molecule has 0 spiro atoms. The van der Waals surface area contributed by atoms with Gasteiger partial charge in [-0.15, -0.1) is 0 Å². The van der Waals surface area contributed by atoms with Crippen LogP contribution in [-0.2, 0) is 12.8 Å². The summed E-state index contributed by atoms with van der Waals surface area (Å²) in [6.45, 7) is 0. The number of benzene rings is 1. The molecule has 0 aliphatic heterocycles. The lowest BCUT2D eigenvalue weighted by atomic mass is 9.94. The molecule has 3 rings (SSSR count). The van der Waals surface area contributed by atoms with E-state index < -0.39 is 0 Å². The van der Waals surface area contributed by atoms with Crippen molar-refractivity contribution in [1.82, 2.24) is 4.98 Å². The molecule has 21 heavy (non-hydrogen) atoms. The Bertz CT molecular complexity index is 700. The van der Waals surface area contributed by atoms with E-state index in [0.717, 1.165) is 31.4 Å². The molecule has 0 bridgehead atoms. The quantitative estimate of drug-likeness (QED) is 0.852. The van der Waals surface area contributed by atoms with E-state index in [1.807, 2.05) is 6.07 Å². The van der Waals surface area contributed by atoms with E-state index in [1.54, 1.807) is 18.2 Å². The predicted octanol–water partition coefficient (Wildman–Crippen LogP) is 3.48. The number of halogens is 1. The summed E-state index contributed by atoms with van der Waals surface area (Å²) in [5.41, 5.74) is 9.10. The maximum absolute atomic E-state index is 13.8. The molecule has 5 heteroatoms. The van der Waals surface area contributed by atoms with Crippen molar-refractivity contribution in [2.45, 2.75) is 25.7 Å². The maximum atomic E-state index is 13.8. The summed E-state index contributed by atoms with van der Waals surface area (Å²) < 4.78 is 13.8. The van der Waals surface area contributed by atoms with E-state index >= 15 is 0 Å². The normalized spacial score (nSPS) is 13.6. The van der Waals surface area contributed by atoms with Crippen LogP contribution in [0.4, 0.5) is 15.9 Å². The second-order valence-corrected chi connectivity index (χ2v) is 5.61. The van der Waals surface area contributed by atoms with Gasteiger partial charge in [0.2, 0.25) is 0 Å². The molecule has 0 fully saturated rings. The van der Waals surface area contributed by atoms with Crippen LogP contribution in [0.3, 0.4) is 0 Å². The van der Waals surface area contributed by atoms with Crippen LogP contribution in [-0.4, -0.2) is 9.97 Å². The highest BCUT2D eigenvalue weighted by molar-refractivity contribution is 7.80. The van der Waals surface area contributed by atoms with E-state index in [2.05, 4.69) is 10.3 Å². The smallest absolute Gasteiger partial charge is 0.146 e. The Morgan fingerprint density at radius 1 is 1.24 bits per heavy atom. The summed E-state index contributed by atoms with van der Waals surface area (Å²) in [5, 5.41) is 3.02. The minimum absolute atomic E-state index is 0.273. The summed E-state index contributed by atoms with van der Waals surface area (Å²) in [4.78, 5) is 4.90. The van der Waals surface area contributed by atoms with Gasteiger partial charge in [0.25, 0.3) is 0 Å². The number of pyridine rings is 1. The first-order valence-corrected chi connectivity index (χ1v) is 7.40. The Labute approximate surface area is 128 Å². The van der Waals surface area contributed by atoms with Crippen molar-refractivity contribution in [3.05, 3.63) is 53.0 Å². The number of thiocarbonyl (C=S) groups is 1. The standard InChI is InChI=1S/C16H16FN3S/c17-12-6-2-4-8-14(12)20-16-11(15(18)21)9-10-5-1-3-7-13(10)19-16/h2,4,6,8-9H,1,3,5,7H2,(H2,18,21)(H,19,20). The predicted molar refractivity (Wildman–Crippen MR) is 86.4 cm³/mol. The van der Waals surface area contributed by atoms with Crippen molar-refractivity contribution < 1.29 is 4.39 Å². The minimum atomic E-state index is -0.328. The fourth-order valence-electron chi connectivity index (χ4n) is 2.61. The van der Waals surface area contributed by atoms with Crippen molar-refractivity contribution in [3.63, 3.8) is 0 Å². The lowest BCUT2D eigenvalue weighted by molar-refractivity contribution is 0.631. The van der Waals surface area contributed by atoms with Crippen molar-refractivity contribution in [3.8, 4) is 0 Å². The Balaban J connectivity index is 2.04. The highest BCUT2D eigenvalue weighted by Crippen LogP contribution is 2.27. The number of nitrogens with zero attached hydrogens (tertiary/aromatic N) is 1. The lowest BCUT2D eigenvalue weighted by Crippen LogP contribution is -2.17. The second-order valence-electron chi connectivity index (χ2n) is 5.17. The topological polar surface area (TPSA) is 50.9 Å². The number of aromatic nitrogens is 1. The van der Waals surface area contributed by atoms with Crippen LogP contribution in [0.2, 0.25) is 0 Å². The van der Waals surface area contributed by atoms with E-state index in [-0.39, 0.29) is 10.8 Å². The zero-order chi connectivity index (χ0) is 14.8. The fraction of sp³-hybridized carbons (Fsp3) is 0.250. The molecule has 108 valence electrons. The first-order chi connectivity index (χ1) is 10.1. The summed E-state index contributed by atoms with van der Waals surface area (Å²) in [6.07, 6.45) is 4.23. The number of anilines is 2. The fourth-order valence-corrected chi connectivity index (χ4v) is 2.76. The summed E-state index contributed by atoms with van der Waals surface area (Å²) >= 11 is 5.11. The largest absolute Gasteiger partial charge is 0.389 e. The zero-order valence-corrected chi connectivity index (χ0v) is 12.3. The number of nitrogens with one attached hydrogen (secondary N) is 1. The Morgan fingerprint density at radius 2 is 2.00 bits per heavy atom. The lowest BCUT2D eigenvalue weighted by Gasteiger charge is -2.19. The maximum Gasteiger partial charge on any atom is 0.146 e. The molecule has 3 nitrogen and oxygen atoms in total. The average Bonchev–Trinajstić information content (AvgIpc) is 2.48. The number of nitrogens with two attached hydrogens (primary N) is 1. The van der Waals surface area contributed by atoms with Gasteiger partial charge in [0.15, 0.2) is 0 Å².